The molecule has 130 valence electrons. The third-order valence-electron chi connectivity index (χ3n) is 4.36. The maximum Gasteiger partial charge on any atom is 0.418 e. The first-order valence-corrected chi connectivity index (χ1v) is 8.63. The Labute approximate surface area is 142 Å². The number of phenols is 1. The van der Waals surface area contributed by atoms with Gasteiger partial charge in [-0.25, -0.2) is 4.79 Å². The van der Waals surface area contributed by atoms with Crippen LogP contribution in [-0.2, 0) is 11.3 Å². The highest BCUT2D eigenvalue weighted by Crippen LogP contribution is 2.31. The topological polar surface area (TPSA) is 54.7 Å². The molecule has 2 aromatic rings. The molecule has 0 bridgehead atoms. The Balaban J connectivity index is 1.86. The lowest BCUT2D eigenvalue weighted by Gasteiger charge is -2.26. The van der Waals surface area contributed by atoms with Gasteiger partial charge < -0.3 is 9.84 Å². The first-order chi connectivity index (χ1) is 11.3. The third-order valence-corrected chi connectivity index (χ3v) is 4.36. The molecule has 0 saturated carbocycles. The molecule has 0 aliphatic carbocycles. The molecule has 1 N–H and O–H groups in total. The molecular weight excluding hydrogens is 304 g/mol. The van der Waals surface area contributed by atoms with Gasteiger partial charge in [0.05, 0.1) is 5.52 Å². The van der Waals surface area contributed by atoms with Gasteiger partial charge in [0.1, 0.15) is 11.4 Å². The molecule has 1 fully saturated rings. The van der Waals surface area contributed by atoms with Gasteiger partial charge >= 0.3 is 6.09 Å². The number of nitrogens with zero attached hydrogens (tertiary/aromatic N) is 2. The van der Waals surface area contributed by atoms with E-state index in [4.69, 9.17) is 4.74 Å². The number of fused-ring (bicyclic) bond motifs is 1. The van der Waals surface area contributed by atoms with Crippen LogP contribution in [0.15, 0.2) is 24.4 Å². The molecule has 1 saturated heterocycles. The second-order valence-electron chi connectivity index (χ2n) is 7.51. The van der Waals surface area contributed by atoms with Crippen molar-refractivity contribution in [1.82, 2.24) is 9.47 Å². The minimum absolute atomic E-state index is 0.264. The first kappa shape index (κ1) is 16.8. The molecule has 1 aliphatic heterocycles. The molecule has 0 unspecified atom stereocenters. The highest BCUT2D eigenvalue weighted by molar-refractivity contribution is 5.93. The van der Waals surface area contributed by atoms with Crippen LogP contribution in [0.25, 0.3) is 10.9 Å². The molecule has 5 heteroatoms. The molecule has 1 aromatic heterocycles. The zero-order chi connectivity index (χ0) is 17.3. The monoisotopic (exact) mass is 330 g/mol. The van der Waals surface area contributed by atoms with Gasteiger partial charge in [-0.05, 0) is 58.8 Å². The van der Waals surface area contributed by atoms with E-state index in [0.29, 0.717) is 10.9 Å². The predicted molar refractivity (Wildman–Crippen MR) is 94.4 cm³/mol. The Kier molecular flexibility index (Phi) is 4.54. The molecule has 0 spiro atoms. The van der Waals surface area contributed by atoms with Crippen molar-refractivity contribution >= 4 is 17.0 Å². The van der Waals surface area contributed by atoms with Crippen molar-refractivity contribution in [2.24, 2.45) is 0 Å². The number of rotatable bonds is 2. The number of benzene rings is 1. The van der Waals surface area contributed by atoms with E-state index in [-0.39, 0.29) is 5.75 Å². The fourth-order valence-corrected chi connectivity index (χ4v) is 3.20. The summed E-state index contributed by atoms with van der Waals surface area (Å²) >= 11 is 0. The summed E-state index contributed by atoms with van der Waals surface area (Å²) in [5.41, 5.74) is 1.03. The largest absolute Gasteiger partial charge is 0.507 e. The Morgan fingerprint density at radius 3 is 2.54 bits per heavy atom. The number of phenolic OH excluding ortho intramolecular Hbond substituents is 1. The lowest BCUT2D eigenvalue weighted by molar-refractivity contribution is 0.0544. The predicted octanol–water partition coefficient (Wildman–Crippen LogP) is 4.12. The average molecular weight is 330 g/mol. The maximum atomic E-state index is 12.3. The van der Waals surface area contributed by atoms with Crippen LogP contribution in [0.2, 0.25) is 0 Å². The Morgan fingerprint density at radius 2 is 1.88 bits per heavy atom. The van der Waals surface area contributed by atoms with E-state index in [0.717, 1.165) is 25.2 Å². The minimum atomic E-state index is -0.552. The number of carbonyl (C=O) groups is 1. The molecule has 0 radical (unpaired) electrons. The Bertz CT molecular complexity index is 737. The van der Waals surface area contributed by atoms with Crippen molar-refractivity contribution in [3.8, 4) is 5.75 Å². The zero-order valence-corrected chi connectivity index (χ0v) is 14.7. The Hall–Kier alpha value is -2.01. The van der Waals surface area contributed by atoms with Crippen LogP contribution in [-0.4, -0.2) is 39.4 Å². The van der Waals surface area contributed by atoms with Crippen LogP contribution < -0.4 is 0 Å². The van der Waals surface area contributed by atoms with E-state index in [9.17, 15) is 9.90 Å². The van der Waals surface area contributed by atoms with Gasteiger partial charge in [0.25, 0.3) is 0 Å². The van der Waals surface area contributed by atoms with Crippen molar-refractivity contribution in [3.63, 3.8) is 0 Å². The molecule has 1 aromatic carbocycles. The SMILES string of the molecule is CC(C)(C)OC(=O)n1ccc2c(O)c(CN3CCCCC3)ccc21. The molecule has 1 aliphatic rings. The van der Waals surface area contributed by atoms with Crippen LogP contribution in [0.1, 0.15) is 45.6 Å². The molecule has 0 atom stereocenters. The fraction of sp³-hybridized carbons (Fsp3) is 0.526. The number of aromatic nitrogens is 1. The average Bonchev–Trinajstić information content (AvgIpc) is 2.94. The fourth-order valence-electron chi connectivity index (χ4n) is 3.20. The highest BCUT2D eigenvalue weighted by atomic mass is 16.6. The number of hydrogen-bond acceptors (Lipinski definition) is 4. The van der Waals surface area contributed by atoms with E-state index >= 15 is 0 Å². The molecular formula is C19H26N2O3. The number of aromatic hydroxyl groups is 1. The van der Waals surface area contributed by atoms with Crippen LogP contribution in [0.5, 0.6) is 5.75 Å². The van der Waals surface area contributed by atoms with Crippen LogP contribution in [0, 0.1) is 0 Å². The van der Waals surface area contributed by atoms with Crippen molar-refractivity contribution < 1.29 is 14.6 Å². The highest BCUT2D eigenvalue weighted by Gasteiger charge is 2.21. The number of likely N-dealkylation sites (tertiary alicyclic amines) is 1. The summed E-state index contributed by atoms with van der Waals surface area (Å²) in [5, 5.41) is 11.3. The molecule has 0 amide bonds. The van der Waals surface area contributed by atoms with E-state index in [1.54, 1.807) is 12.3 Å². The summed E-state index contributed by atoms with van der Waals surface area (Å²) in [6.07, 6.45) is 4.96. The van der Waals surface area contributed by atoms with Crippen molar-refractivity contribution in [2.75, 3.05) is 13.1 Å². The smallest absolute Gasteiger partial charge is 0.418 e. The second kappa shape index (κ2) is 6.48. The molecule has 5 nitrogen and oxygen atoms in total. The number of hydrogen-bond donors (Lipinski definition) is 1. The van der Waals surface area contributed by atoms with Gasteiger partial charge in [-0.3, -0.25) is 9.47 Å². The van der Waals surface area contributed by atoms with E-state index in [1.807, 2.05) is 32.9 Å². The molecule has 2 heterocycles. The number of ether oxygens (including phenoxy) is 1. The van der Waals surface area contributed by atoms with Crippen molar-refractivity contribution in [2.45, 2.75) is 52.2 Å². The van der Waals surface area contributed by atoms with Gasteiger partial charge in [-0.1, -0.05) is 12.5 Å². The molecule has 24 heavy (non-hydrogen) atoms. The maximum absolute atomic E-state index is 12.3. The van der Waals surface area contributed by atoms with E-state index in [2.05, 4.69) is 4.90 Å². The third kappa shape index (κ3) is 3.56. The van der Waals surface area contributed by atoms with Gasteiger partial charge in [-0.15, -0.1) is 0 Å². The zero-order valence-electron chi connectivity index (χ0n) is 14.7. The second-order valence-corrected chi connectivity index (χ2v) is 7.51. The quantitative estimate of drug-likeness (QED) is 0.900. The summed E-state index contributed by atoms with van der Waals surface area (Å²) in [4.78, 5) is 14.7. The lowest BCUT2D eigenvalue weighted by atomic mass is 10.1. The van der Waals surface area contributed by atoms with E-state index < -0.39 is 11.7 Å². The Morgan fingerprint density at radius 1 is 1.17 bits per heavy atom. The normalized spacial score (nSPS) is 16.5. The van der Waals surface area contributed by atoms with E-state index in [1.165, 1.54) is 23.8 Å². The van der Waals surface area contributed by atoms with Gasteiger partial charge in [0.2, 0.25) is 0 Å². The summed E-state index contributed by atoms with van der Waals surface area (Å²) in [5.74, 6) is 0.264. The van der Waals surface area contributed by atoms with Crippen molar-refractivity contribution in [1.29, 1.82) is 0 Å². The van der Waals surface area contributed by atoms with Crippen LogP contribution in [0.3, 0.4) is 0 Å². The lowest BCUT2D eigenvalue weighted by Crippen LogP contribution is -2.29. The van der Waals surface area contributed by atoms with Gasteiger partial charge in [0, 0.05) is 23.7 Å². The summed E-state index contributed by atoms with van der Waals surface area (Å²) < 4.78 is 6.87. The molecule has 3 rings (SSSR count). The summed E-state index contributed by atoms with van der Waals surface area (Å²) in [7, 11) is 0. The summed E-state index contributed by atoms with van der Waals surface area (Å²) in [6.45, 7) is 8.42. The minimum Gasteiger partial charge on any atom is -0.507 e. The first-order valence-electron chi connectivity index (χ1n) is 8.63. The van der Waals surface area contributed by atoms with Gasteiger partial charge in [-0.2, -0.15) is 0 Å². The number of carbonyl (C=O) groups excluding carboxylic acids is 1. The van der Waals surface area contributed by atoms with Crippen LogP contribution in [0.4, 0.5) is 4.79 Å². The van der Waals surface area contributed by atoms with Gasteiger partial charge in [0.15, 0.2) is 0 Å². The summed E-state index contributed by atoms with van der Waals surface area (Å²) in [6, 6.07) is 5.57. The standard InChI is InChI=1S/C19H26N2O3/c1-19(2,3)24-18(23)21-12-9-15-16(21)8-7-14(17(15)22)13-20-10-5-4-6-11-20/h7-9,12,22H,4-6,10-11,13H2,1-3H3. The van der Waals surface area contributed by atoms with Crippen LogP contribution >= 0.6 is 0 Å². The van der Waals surface area contributed by atoms with Crippen molar-refractivity contribution in [3.05, 3.63) is 30.0 Å². The number of piperidine rings is 1.